The van der Waals surface area contributed by atoms with Crippen molar-refractivity contribution in [3.63, 3.8) is 0 Å². The van der Waals surface area contributed by atoms with Crippen LogP contribution < -0.4 is 11.1 Å². The van der Waals surface area contributed by atoms with Gasteiger partial charge in [-0.1, -0.05) is 42.0 Å². The first-order chi connectivity index (χ1) is 16.4. The molecule has 2 aromatic heterocycles. The van der Waals surface area contributed by atoms with Gasteiger partial charge in [-0.25, -0.2) is 17.9 Å². The zero-order valence-electron chi connectivity index (χ0n) is 18.5. The number of hydrogen-bond acceptors (Lipinski definition) is 6. The van der Waals surface area contributed by atoms with E-state index in [9.17, 15) is 8.42 Å². The zero-order chi connectivity index (χ0) is 23.7. The summed E-state index contributed by atoms with van der Waals surface area (Å²) >= 11 is 0. The summed E-state index contributed by atoms with van der Waals surface area (Å²) < 4.78 is 27.1. The Morgan fingerprint density at radius 3 is 2.47 bits per heavy atom. The molecule has 0 unspecified atom stereocenters. The van der Waals surface area contributed by atoms with Crippen LogP contribution in [0.15, 0.2) is 96.2 Å². The molecule has 0 saturated heterocycles. The van der Waals surface area contributed by atoms with Gasteiger partial charge in [0.2, 0.25) is 0 Å². The van der Waals surface area contributed by atoms with E-state index in [-0.39, 0.29) is 5.75 Å². The molecule has 0 radical (unpaired) electrons. The van der Waals surface area contributed by atoms with Crippen LogP contribution in [0.1, 0.15) is 11.1 Å². The van der Waals surface area contributed by atoms with Crippen LogP contribution >= 0.6 is 0 Å². The maximum Gasteiger partial charge on any atom is 0.182 e. The molecule has 0 aliphatic heterocycles. The lowest BCUT2D eigenvalue weighted by atomic mass is 10.1. The highest BCUT2D eigenvalue weighted by atomic mass is 32.2. The molecule has 0 atom stereocenters. The van der Waals surface area contributed by atoms with E-state index in [1.54, 1.807) is 22.8 Å². The lowest BCUT2D eigenvalue weighted by Gasteiger charge is -2.09. The third kappa shape index (κ3) is 4.49. The van der Waals surface area contributed by atoms with E-state index in [1.165, 1.54) is 0 Å². The van der Waals surface area contributed by atoms with E-state index in [4.69, 9.17) is 10.7 Å². The molecule has 0 bridgehead atoms. The quantitative estimate of drug-likeness (QED) is 0.339. The van der Waals surface area contributed by atoms with Gasteiger partial charge in [0.15, 0.2) is 15.5 Å². The number of aromatic nitrogens is 3. The average Bonchev–Trinajstić information content (AvgIpc) is 3.24. The predicted molar refractivity (Wildman–Crippen MR) is 135 cm³/mol. The van der Waals surface area contributed by atoms with Crippen LogP contribution in [-0.4, -0.2) is 23.0 Å². The first kappa shape index (κ1) is 21.7. The number of aryl methyl sites for hydroxylation is 1. The van der Waals surface area contributed by atoms with Gasteiger partial charge in [-0.05, 0) is 60.5 Å². The monoisotopic (exact) mass is 469 g/mol. The number of anilines is 3. The number of nitrogen functional groups attached to an aromatic ring is 1. The van der Waals surface area contributed by atoms with Crippen molar-refractivity contribution in [2.24, 2.45) is 0 Å². The fraction of sp³-hybridized carbons (Fsp3) is 0.0769. The Bertz CT molecular complexity index is 1570. The summed E-state index contributed by atoms with van der Waals surface area (Å²) in [7, 11) is -3.41. The van der Waals surface area contributed by atoms with E-state index in [0.29, 0.717) is 27.6 Å². The molecule has 0 aliphatic rings. The Morgan fingerprint density at radius 2 is 1.74 bits per heavy atom. The van der Waals surface area contributed by atoms with Gasteiger partial charge < -0.3 is 11.1 Å². The molecule has 3 N–H and O–H groups in total. The minimum Gasteiger partial charge on any atom is -0.399 e. The third-order valence-corrected chi connectivity index (χ3v) is 7.23. The number of benzene rings is 3. The van der Waals surface area contributed by atoms with Gasteiger partial charge in [-0.15, -0.1) is 0 Å². The van der Waals surface area contributed by atoms with Crippen LogP contribution in [0.2, 0.25) is 0 Å². The second-order valence-electron chi connectivity index (χ2n) is 8.16. The van der Waals surface area contributed by atoms with E-state index >= 15 is 0 Å². The molecule has 0 saturated carbocycles. The molecular weight excluding hydrogens is 446 g/mol. The molecule has 0 spiro atoms. The van der Waals surface area contributed by atoms with Crippen LogP contribution in [0.5, 0.6) is 0 Å². The van der Waals surface area contributed by atoms with Crippen molar-refractivity contribution < 1.29 is 8.42 Å². The van der Waals surface area contributed by atoms with Crippen molar-refractivity contribution in [1.29, 1.82) is 0 Å². The molecule has 0 aliphatic carbocycles. The van der Waals surface area contributed by atoms with Crippen molar-refractivity contribution >= 4 is 32.7 Å². The highest BCUT2D eigenvalue weighted by Crippen LogP contribution is 2.26. The van der Waals surface area contributed by atoms with Crippen LogP contribution in [0.4, 0.5) is 17.2 Å². The predicted octanol–water partition coefficient (Wildman–Crippen LogP) is 5.00. The van der Waals surface area contributed by atoms with Crippen molar-refractivity contribution in [2.45, 2.75) is 17.6 Å². The van der Waals surface area contributed by atoms with Gasteiger partial charge in [0.25, 0.3) is 0 Å². The summed E-state index contributed by atoms with van der Waals surface area (Å²) in [5, 5.41) is 7.65. The maximum atomic E-state index is 12.7. The molecule has 2 heterocycles. The summed E-state index contributed by atoms with van der Waals surface area (Å²) in [5.74, 6) is 0.595. The third-order valence-electron chi connectivity index (χ3n) is 5.53. The Hall–Kier alpha value is -4.17. The van der Waals surface area contributed by atoms with Crippen molar-refractivity contribution in [3.05, 3.63) is 102 Å². The highest BCUT2D eigenvalue weighted by Gasteiger charge is 2.15. The van der Waals surface area contributed by atoms with Gasteiger partial charge in [-0.3, -0.25) is 0 Å². The maximum absolute atomic E-state index is 12.7. The smallest absolute Gasteiger partial charge is 0.182 e. The standard InChI is InChI=1S/C26H23N5O2S/c1-18-5-11-23(12-6-18)34(32,33)17-19-7-9-22(10-8-19)29-25-13-14-31-26(30-25)24(16-28-31)20-3-2-4-21(27)15-20/h2-16H,17,27H2,1H3,(H,29,30). The molecule has 34 heavy (non-hydrogen) atoms. The summed E-state index contributed by atoms with van der Waals surface area (Å²) in [4.78, 5) is 5.05. The molecule has 3 aromatic carbocycles. The largest absolute Gasteiger partial charge is 0.399 e. The Morgan fingerprint density at radius 1 is 0.971 bits per heavy atom. The first-order valence-corrected chi connectivity index (χ1v) is 12.4. The number of nitrogens with one attached hydrogen (secondary N) is 1. The van der Waals surface area contributed by atoms with Crippen molar-refractivity contribution in [1.82, 2.24) is 14.6 Å². The van der Waals surface area contributed by atoms with E-state index < -0.39 is 9.84 Å². The number of fused-ring (bicyclic) bond motifs is 1. The fourth-order valence-electron chi connectivity index (χ4n) is 3.73. The second kappa shape index (κ2) is 8.64. The molecule has 0 fully saturated rings. The Labute approximate surface area is 197 Å². The van der Waals surface area contributed by atoms with Gasteiger partial charge in [-0.2, -0.15) is 5.10 Å². The summed E-state index contributed by atoms with van der Waals surface area (Å²) in [6.07, 6.45) is 3.60. The van der Waals surface area contributed by atoms with Gasteiger partial charge in [0.1, 0.15) is 5.82 Å². The summed E-state index contributed by atoms with van der Waals surface area (Å²) in [6, 6.07) is 23.7. The van der Waals surface area contributed by atoms with E-state index in [2.05, 4.69) is 10.4 Å². The summed E-state index contributed by atoms with van der Waals surface area (Å²) in [5.41, 5.74) is 11.7. The van der Waals surface area contributed by atoms with Crippen LogP contribution in [0.3, 0.4) is 0 Å². The number of sulfone groups is 1. The first-order valence-electron chi connectivity index (χ1n) is 10.7. The second-order valence-corrected chi connectivity index (χ2v) is 10.1. The topological polar surface area (TPSA) is 102 Å². The van der Waals surface area contributed by atoms with Gasteiger partial charge >= 0.3 is 0 Å². The SMILES string of the molecule is Cc1ccc(S(=O)(=O)Cc2ccc(Nc3ccn4ncc(-c5cccc(N)c5)c4n3)cc2)cc1. The number of nitrogens with two attached hydrogens (primary N) is 1. The molecule has 0 amide bonds. The molecular formula is C26H23N5O2S. The highest BCUT2D eigenvalue weighted by molar-refractivity contribution is 7.90. The number of nitrogens with zero attached hydrogens (tertiary/aromatic N) is 3. The molecule has 5 rings (SSSR count). The van der Waals surface area contributed by atoms with Crippen LogP contribution in [0, 0.1) is 6.92 Å². The lowest BCUT2D eigenvalue weighted by Crippen LogP contribution is -2.05. The summed E-state index contributed by atoms with van der Waals surface area (Å²) in [6.45, 7) is 1.93. The van der Waals surface area contributed by atoms with Crippen molar-refractivity contribution in [2.75, 3.05) is 11.1 Å². The lowest BCUT2D eigenvalue weighted by molar-refractivity contribution is 0.595. The normalized spacial score (nSPS) is 11.6. The van der Waals surface area contributed by atoms with Gasteiger partial charge in [0, 0.05) is 23.1 Å². The zero-order valence-corrected chi connectivity index (χ0v) is 19.3. The van der Waals surface area contributed by atoms with Crippen molar-refractivity contribution in [3.8, 4) is 11.1 Å². The number of rotatable bonds is 6. The Kier molecular flexibility index (Phi) is 5.51. The fourth-order valence-corrected chi connectivity index (χ4v) is 5.08. The van der Waals surface area contributed by atoms with Crippen LogP contribution in [0.25, 0.3) is 16.8 Å². The minimum atomic E-state index is -3.41. The molecule has 170 valence electrons. The Balaban J connectivity index is 1.35. The molecule has 7 nitrogen and oxygen atoms in total. The minimum absolute atomic E-state index is 0.0556. The molecule has 5 aromatic rings. The van der Waals surface area contributed by atoms with E-state index in [0.717, 1.165) is 22.4 Å². The van der Waals surface area contributed by atoms with E-state index in [1.807, 2.05) is 79.9 Å². The molecule has 8 heteroatoms. The number of hydrogen-bond donors (Lipinski definition) is 2. The van der Waals surface area contributed by atoms with Gasteiger partial charge in [0.05, 0.1) is 16.8 Å². The van der Waals surface area contributed by atoms with Crippen LogP contribution in [-0.2, 0) is 15.6 Å². The average molecular weight is 470 g/mol.